The molecule has 24 heavy (non-hydrogen) atoms. The number of hydrogen-bond acceptors (Lipinski definition) is 6. The molecule has 0 fully saturated rings. The third-order valence-electron chi connectivity index (χ3n) is 4.30. The number of hydrogen-bond donors (Lipinski definition) is 2. The van der Waals surface area contributed by atoms with Crippen LogP contribution in [0.3, 0.4) is 0 Å². The van der Waals surface area contributed by atoms with Crippen LogP contribution in [0.2, 0.25) is 0 Å². The molecule has 3 aromatic rings. The molecule has 0 aromatic carbocycles. The highest BCUT2D eigenvalue weighted by atomic mass is 32.1. The van der Waals surface area contributed by atoms with Crippen LogP contribution < -0.4 is 5.32 Å². The highest BCUT2D eigenvalue weighted by Gasteiger charge is 2.21. The van der Waals surface area contributed by atoms with Gasteiger partial charge < -0.3 is 10.4 Å². The van der Waals surface area contributed by atoms with Crippen molar-refractivity contribution in [3.8, 4) is 11.4 Å². The summed E-state index contributed by atoms with van der Waals surface area (Å²) in [4.78, 5) is 16.2. The topological polar surface area (TPSA) is 70.9 Å². The summed E-state index contributed by atoms with van der Waals surface area (Å²) in [7, 11) is 0. The molecule has 0 aliphatic heterocycles. The first-order valence-corrected chi connectivity index (χ1v) is 9.18. The van der Waals surface area contributed by atoms with Crippen LogP contribution >= 0.6 is 11.3 Å². The summed E-state index contributed by atoms with van der Waals surface area (Å²) in [6.45, 7) is 2.25. The Labute approximate surface area is 144 Å². The van der Waals surface area contributed by atoms with Crippen LogP contribution in [0.25, 0.3) is 21.6 Å². The predicted octanol–water partition coefficient (Wildman–Crippen LogP) is 3.42. The number of aryl methyl sites for hydroxylation is 2. The van der Waals surface area contributed by atoms with Crippen LogP contribution in [0.1, 0.15) is 30.2 Å². The molecule has 0 spiro atoms. The van der Waals surface area contributed by atoms with Gasteiger partial charge in [0.25, 0.3) is 0 Å². The Morgan fingerprint density at radius 3 is 2.96 bits per heavy atom. The molecule has 3 aromatic heterocycles. The summed E-state index contributed by atoms with van der Waals surface area (Å²) in [5.41, 5.74) is 2.30. The summed E-state index contributed by atoms with van der Waals surface area (Å²) >= 11 is 1.78. The van der Waals surface area contributed by atoms with Gasteiger partial charge in [0.15, 0.2) is 5.82 Å². The maximum Gasteiger partial charge on any atom is 0.164 e. The number of rotatable bonds is 4. The van der Waals surface area contributed by atoms with Gasteiger partial charge in [0, 0.05) is 29.4 Å². The van der Waals surface area contributed by atoms with E-state index in [-0.39, 0.29) is 0 Å². The molecule has 124 valence electrons. The van der Waals surface area contributed by atoms with Crippen molar-refractivity contribution in [2.24, 2.45) is 0 Å². The normalized spacial score (nSPS) is 15.2. The number of aliphatic hydroxyl groups excluding tert-OH is 1. The molecule has 1 aliphatic carbocycles. The lowest BCUT2D eigenvalue weighted by molar-refractivity contribution is 0.208. The van der Waals surface area contributed by atoms with Gasteiger partial charge in [-0.2, -0.15) is 0 Å². The zero-order chi connectivity index (χ0) is 16.5. The number of anilines is 1. The second-order valence-corrected chi connectivity index (χ2v) is 7.34. The van der Waals surface area contributed by atoms with E-state index in [9.17, 15) is 5.11 Å². The highest BCUT2D eigenvalue weighted by Crippen LogP contribution is 2.39. The van der Waals surface area contributed by atoms with Crippen molar-refractivity contribution in [1.29, 1.82) is 0 Å². The van der Waals surface area contributed by atoms with E-state index in [4.69, 9.17) is 9.97 Å². The molecule has 3 heterocycles. The van der Waals surface area contributed by atoms with Crippen LogP contribution in [0.4, 0.5) is 5.82 Å². The lowest BCUT2D eigenvalue weighted by Gasteiger charge is -2.14. The van der Waals surface area contributed by atoms with E-state index in [2.05, 4.69) is 10.3 Å². The lowest BCUT2D eigenvalue weighted by Crippen LogP contribution is -2.16. The number of thiophene rings is 1. The maximum absolute atomic E-state index is 9.65. The second-order valence-electron chi connectivity index (χ2n) is 6.26. The second kappa shape index (κ2) is 6.45. The van der Waals surface area contributed by atoms with Gasteiger partial charge in [-0.15, -0.1) is 11.3 Å². The lowest BCUT2D eigenvalue weighted by atomic mass is 9.97. The largest absolute Gasteiger partial charge is 0.392 e. The summed E-state index contributed by atoms with van der Waals surface area (Å²) in [5.74, 6) is 1.52. The quantitative estimate of drug-likeness (QED) is 0.761. The predicted molar refractivity (Wildman–Crippen MR) is 97.5 cm³/mol. The van der Waals surface area contributed by atoms with Crippen LogP contribution in [-0.4, -0.2) is 32.7 Å². The Balaban J connectivity index is 1.88. The van der Waals surface area contributed by atoms with Gasteiger partial charge in [0.2, 0.25) is 0 Å². The first-order valence-electron chi connectivity index (χ1n) is 8.37. The molecule has 0 saturated heterocycles. The van der Waals surface area contributed by atoms with E-state index >= 15 is 0 Å². The number of aliphatic hydroxyl groups is 1. The Bertz CT molecular complexity index is 860. The maximum atomic E-state index is 9.65. The van der Waals surface area contributed by atoms with Gasteiger partial charge in [-0.1, -0.05) is 0 Å². The number of nitrogens with zero attached hydrogens (tertiary/aromatic N) is 3. The fourth-order valence-electron chi connectivity index (χ4n) is 3.15. The van der Waals surface area contributed by atoms with Gasteiger partial charge in [-0.3, -0.25) is 4.98 Å². The minimum atomic E-state index is -0.425. The Morgan fingerprint density at radius 1 is 1.29 bits per heavy atom. The summed E-state index contributed by atoms with van der Waals surface area (Å²) < 4.78 is 0. The van der Waals surface area contributed by atoms with Crippen molar-refractivity contribution < 1.29 is 5.11 Å². The summed E-state index contributed by atoms with van der Waals surface area (Å²) in [6.07, 6.45) is 7.80. The molecule has 0 unspecified atom stereocenters. The number of aromatic nitrogens is 3. The fourth-order valence-corrected chi connectivity index (χ4v) is 4.42. The number of fused-ring (bicyclic) bond motifs is 3. The minimum Gasteiger partial charge on any atom is -0.392 e. The Morgan fingerprint density at radius 2 is 2.17 bits per heavy atom. The fraction of sp³-hybridized carbons (Fsp3) is 0.389. The van der Waals surface area contributed by atoms with Crippen LogP contribution in [0, 0.1) is 0 Å². The van der Waals surface area contributed by atoms with Crippen LogP contribution in [-0.2, 0) is 12.8 Å². The van der Waals surface area contributed by atoms with E-state index < -0.39 is 6.10 Å². The Hall–Kier alpha value is -2.05. The van der Waals surface area contributed by atoms with Crippen molar-refractivity contribution in [1.82, 2.24) is 15.0 Å². The standard InChI is InChI=1S/C18H20N4OS/c1-11(23)9-20-17-15-13-6-2-3-7-14(13)24-18(15)22-16(21-17)12-5-4-8-19-10-12/h4-5,8,10-11,23H,2-3,6-7,9H2,1H3,(H,20,21,22)/t11-/m0/s1. The zero-order valence-corrected chi connectivity index (χ0v) is 14.4. The minimum absolute atomic E-state index is 0.425. The van der Waals surface area contributed by atoms with Crippen molar-refractivity contribution in [2.45, 2.75) is 38.7 Å². The summed E-state index contributed by atoms with van der Waals surface area (Å²) in [5, 5.41) is 14.1. The first-order chi connectivity index (χ1) is 11.7. The number of pyridine rings is 1. The monoisotopic (exact) mass is 340 g/mol. The van der Waals surface area contributed by atoms with Crippen molar-refractivity contribution in [2.75, 3.05) is 11.9 Å². The molecular weight excluding hydrogens is 320 g/mol. The highest BCUT2D eigenvalue weighted by molar-refractivity contribution is 7.19. The van der Waals surface area contributed by atoms with Gasteiger partial charge in [0.05, 0.1) is 11.5 Å². The average Bonchev–Trinajstić information content (AvgIpc) is 2.99. The van der Waals surface area contributed by atoms with E-state index in [1.54, 1.807) is 30.7 Å². The smallest absolute Gasteiger partial charge is 0.164 e. The van der Waals surface area contributed by atoms with Crippen LogP contribution in [0.5, 0.6) is 0 Å². The molecule has 5 nitrogen and oxygen atoms in total. The van der Waals surface area contributed by atoms with E-state index in [1.807, 2.05) is 12.1 Å². The molecule has 0 radical (unpaired) electrons. The van der Waals surface area contributed by atoms with Gasteiger partial charge in [-0.25, -0.2) is 9.97 Å². The SMILES string of the molecule is C[C@H](O)CNc1nc(-c2cccnc2)nc2sc3c(c12)CCCC3. The molecule has 4 rings (SSSR count). The molecule has 1 aliphatic rings. The van der Waals surface area contributed by atoms with Gasteiger partial charge in [-0.05, 0) is 50.3 Å². The summed E-state index contributed by atoms with van der Waals surface area (Å²) in [6, 6.07) is 3.87. The zero-order valence-electron chi connectivity index (χ0n) is 13.6. The molecule has 2 N–H and O–H groups in total. The Kier molecular flexibility index (Phi) is 4.16. The van der Waals surface area contributed by atoms with E-state index in [1.165, 1.54) is 23.3 Å². The average molecular weight is 340 g/mol. The molecule has 6 heteroatoms. The van der Waals surface area contributed by atoms with Crippen molar-refractivity contribution in [3.05, 3.63) is 35.0 Å². The third kappa shape index (κ3) is 2.87. The van der Waals surface area contributed by atoms with Gasteiger partial charge in [0.1, 0.15) is 10.6 Å². The van der Waals surface area contributed by atoms with Crippen molar-refractivity contribution in [3.63, 3.8) is 0 Å². The van der Waals surface area contributed by atoms with E-state index in [0.717, 1.165) is 34.4 Å². The van der Waals surface area contributed by atoms with Crippen LogP contribution in [0.15, 0.2) is 24.5 Å². The molecule has 0 saturated carbocycles. The molecule has 1 atom stereocenters. The number of nitrogens with one attached hydrogen (secondary N) is 1. The van der Waals surface area contributed by atoms with E-state index in [0.29, 0.717) is 12.4 Å². The van der Waals surface area contributed by atoms with Gasteiger partial charge >= 0.3 is 0 Å². The third-order valence-corrected chi connectivity index (χ3v) is 5.49. The molecular formula is C18H20N4OS. The molecule has 0 bridgehead atoms. The van der Waals surface area contributed by atoms with Crippen molar-refractivity contribution >= 4 is 27.4 Å². The molecule has 0 amide bonds. The first kappa shape index (κ1) is 15.5.